The standard InChI is InChI=1S/C20H20BrN3O2/c1-12-5-6-15(11-17(12)26-4)20(25)22-19-18(13(2)23-24(19)3)14-7-9-16(21)10-8-14/h5-11H,1-4H3,(H,22,25). The largest absolute Gasteiger partial charge is 0.496 e. The van der Waals surface area contributed by atoms with Gasteiger partial charge in [0.15, 0.2) is 0 Å². The van der Waals surface area contributed by atoms with Crippen LogP contribution >= 0.6 is 15.9 Å². The molecule has 134 valence electrons. The third kappa shape index (κ3) is 3.51. The van der Waals surface area contributed by atoms with Gasteiger partial charge in [-0.15, -0.1) is 0 Å². The second-order valence-electron chi connectivity index (χ2n) is 6.08. The van der Waals surface area contributed by atoms with Crippen LogP contribution in [0, 0.1) is 13.8 Å². The summed E-state index contributed by atoms with van der Waals surface area (Å²) in [5, 5.41) is 7.46. The third-order valence-corrected chi connectivity index (χ3v) is 4.79. The Morgan fingerprint density at radius 2 is 1.85 bits per heavy atom. The van der Waals surface area contributed by atoms with Crippen molar-refractivity contribution in [2.75, 3.05) is 12.4 Å². The second-order valence-corrected chi connectivity index (χ2v) is 6.99. The van der Waals surface area contributed by atoms with Crippen molar-refractivity contribution in [2.45, 2.75) is 13.8 Å². The molecule has 3 aromatic rings. The lowest BCUT2D eigenvalue weighted by atomic mass is 10.1. The number of halogens is 1. The molecule has 0 atom stereocenters. The fourth-order valence-electron chi connectivity index (χ4n) is 2.90. The van der Waals surface area contributed by atoms with Crippen LogP contribution in [0.2, 0.25) is 0 Å². The number of aryl methyl sites for hydroxylation is 3. The zero-order valence-corrected chi connectivity index (χ0v) is 16.7. The summed E-state index contributed by atoms with van der Waals surface area (Å²) >= 11 is 3.45. The van der Waals surface area contributed by atoms with Crippen molar-refractivity contribution in [1.29, 1.82) is 0 Å². The number of aromatic nitrogens is 2. The van der Waals surface area contributed by atoms with Crippen LogP contribution < -0.4 is 10.1 Å². The van der Waals surface area contributed by atoms with E-state index in [0.29, 0.717) is 17.1 Å². The Bertz CT molecular complexity index is 962. The number of nitrogens with zero attached hydrogens (tertiary/aromatic N) is 2. The van der Waals surface area contributed by atoms with E-state index < -0.39 is 0 Å². The molecule has 5 nitrogen and oxygen atoms in total. The van der Waals surface area contributed by atoms with Crippen molar-refractivity contribution in [2.24, 2.45) is 7.05 Å². The molecule has 0 fully saturated rings. The van der Waals surface area contributed by atoms with Gasteiger partial charge in [0.1, 0.15) is 11.6 Å². The maximum atomic E-state index is 12.8. The molecular weight excluding hydrogens is 394 g/mol. The Kier molecular flexibility index (Phi) is 5.13. The molecule has 0 unspecified atom stereocenters. The van der Waals surface area contributed by atoms with Crippen LogP contribution in [-0.2, 0) is 7.05 Å². The molecule has 1 amide bonds. The maximum absolute atomic E-state index is 12.8. The number of hydrogen-bond donors (Lipinski definition) is 1. The summed E-state index contributed by atoms with van der Waals surface area (Å²) in [5.41, 5.74) is 4.28. The zero-order valence-electron chi connectivity index (χ0n) is 15.1. The van der Waals surface area contributed by atoms with E-state index in [-0.39, 0.29) is 5.91 Å². The highest BCUT2D eigenvalue weighted by atomic mass is 79.9. The summed E-state index contributed by atoms with van der Waals surface area (Å²) in [6, 6.07) is 13.3. The van der Waals surface area contributed by atoms with E-state index in [1.54, 1.807) is 23.9 Å². The first kappa shape index (κ1) is 18.2. The number of benzene rings is 2. The third-order valence-electron chi connectivity index (χ3n) is 4.26. The van der Waals surface area contributed by atoms with Crippen molar-refractivity contribution < 1.29 is 9.53 Å². The number of ether oxygens (including phenoxy) is 1. The van der Waals surface area contributed by atoms with Gasteiger partial charge >= 0.3 is 0 Å². The average molecular weight is 414 g/mol. The number of anilines is 1. The normalized spacial score (nSPS) is 10.7. The monoisotopic (exact) mass is 413 g/mol. The molecule has 1 N–H and O–H groups in total. The first-order valence-corrected chi connectivity index (χ1v) is 8.95. The fourth-order valence-corrected chi connectivity index (χ4v) is 3.17. The van der Waals surface area contributed by atoms with Crippen LogP contribution in [0.3, 0.4) is 0 Å². The van der Waals surface area contributed by atoms with Crippen molar-refractivity contribution in [3.63, 3.8) is 0 Å². The summed E-state index contributed by atoms with van der Waals surface area (Å²) in [5.74, 6) is 1.14. The zero-order chi connectivity index (χ0) is 18.8. The van der Waals surface area contributed by atoms with Crippen LogP contribution in [0.15, 0.2) is 46.9 Å². The van der Waals surface area contributed by atoms with E-state index in [2.05, 4.69) is 26.3 Å². The number of hydrogen-bond acceptors (Lipinski definition) is 3. The van der Waals surface area contributed by atoms with E-state index in [4.69, 9.17) is 4.74 Å². The predicted molar refractivity (Wildman–Crippen MR) is 107 cm³/mol. The molecule has 2 aromatic carbocycles. The first-order chi connectivity index (χ1) is 12.4. The smallest absolute Gasteiger partial charge is 0.256 e. The average Bonchev–Trinajstić information content (AvgIpc) is 2.89. The van der Waals surface area contributed by atoms with Crippen LogP contribution in [0.5, 0.6) is 5.75 Å². The second kappa shape index (κ2) is 7.33. The van der Waals surface area contributed by atoms with E-state index in [1.807, 2.05) is 51.2 Å². The minimum Gasteiger partial charge on any atom is -0.496 e. The summed E-state index contributed by atoms with van der Waals surface area (Å²) in [4.78, 5) is 12.8. The van der Waals surface area contributed by atoms with E-state index in [9.17, 15) is 4.79 Å². The Hall–Kier alpha value is -2.60. The van der Waals surface area contributed by atoms with Gasteiger partial charge in [0.25, 0.3) is 5.91 Å². The number of rotatable bonds is 4. The van der Waals surface area contributed by atoms with Gasteiger partial charge in [-0.05, 0) is 49.2 Å². The summed E-state index contributed by atoms with van der Waals surface area (Å²) in [6.45, 7) is 3.87. The van der Waals surface area contributed by atoms with Gasteiger partial charge in [0.05, 0.1) is 12.8 Å². The lowest BCUT2D eigenvalue weighted by Crippen LogP contribution is -2.15. The maximum Gasteiger partial charge on any atom is 0.256 e. The molecule has 1 heterocycles. The molecule has 0 bridgehead atoms. The van der Waals surface area contributed by atoms with Gasteiger partial charge in [-0.1, -0.05) is 34.1 Å². The number of carbonyl (C=O) groups is 1. The molecule has 3 rings (SSSR count). The number of carbonyl (C=O) groups excluding carboxylic acids is 1. The topological polar surface area (TPSA) is 56.1 Å². The quantitative estimate of drug-likeness (QED) is 0.672. The van der Waals surface area contributed by atoms with Crippen LogP contribution in [0.25, 0.3) is 11.1 Å². The Labute approximate surface area is 161 Å². The highest BCUT2D eigenvalue weighted by Gasteiger charge is 2.18. The molecule has 6 heteroatoms. The van der Waals surface area contributed by atoms with E-state index in [0.717, 1.165) is 26.9 Å². The molecule has 0 aliphatic heterocycles. The molecule has 26 heavy (non-hydrogen) atoms. The lowest BCUT2D eigenvalue weighted by Gasteiger charge is -2.11. The van der Waals surface area contributed by atoms with Crippen LogP contribution in [-0.4, -0.2) is 22.8 Å². The molecule has 0 radical (unpaired) electrons. The van der Waals surface area contributed by atoms with E-state index in [1.165, 1.54) is 0 Å². The number of methoxy groups -OCH3 is 1. The number of amides is 1. The van der Waals surface area contributed by atoms with Crippen molar-refractivity contribution in [3.05, 3.63) is 63.8 Å². The highest BCUT2D eigenvalue weighted by molar-refractivity contribution is 9.10. The first-order valence-electron chi connectivity index (χ1n) is 8.16. The molecule has 0 spiro atoms. The van der Waals surface area contributed by atoms with Crippen LogP contribution in [0.4, 0.5) is 5.82 Å². The molecule has 0 aliphatic carbocycles. The molecular formula is C20H20BrN3O2. The van der Waals surface area contributed by atoms with Crippen molar-refractivity contribution >= 4 is 27.7 Å². The Morgan fingerprint density at radius 1 is 1.15 bits per heavy atom. The van der Waals surface area contributed by atoms with Crippen molar-refractivity contribution in [1.82, 2.24) is 9.78 Å². The summed E-state index contributed by atoms with van der Waals surface area (Å²) in [7, 11) is 3.42. The van der Waals surface area contributed by atoms with Gasteiger partial charge in [-0.2, -0.15) is 5.10 Å². The minimum atomic E-state index is -0.204. The Morgan fingerprint density at radius 3 is 2.50 bits per heavy atom. The van der Waals surface area contributed by atoms with Gasteiger partial charge < -0.3 is 10.1 Å². The van der Waals surface area contributed by atoms with Crippen molar-refractivity contribution in [3.8, 4) is 16.9 Å². The molecule has 0 saturated carbocycles. The van der Waals surface area contributed by atoms with Gasteiger partial charge in [0, 0.05) is 22.6 Å². The van der Waals surface area contributed by atoms with Gasteiger partial charge in [-0.25, -0.2) is 0 Å². The summed E-state index contributed by atoms with van der Waals surface area (Å²) < 4.78 is 8.01. The Balaban J connectivity index is 1.97. The highest BCUT2D eigenvalue weighted by Crippen LogP contribution is 2.32. The SMILES string of the molecule is COc1cc(C(=O)Nc2c(-c3ccc(Br)cc3)c(C)nn2C)ccc1C. The van der Waals surface area contributed by atoms with E-state index >= 15 is 0 Å². The van der Waals surface area contributed by atoms with Gasteiger partial charge in [0.2, 0.25) is 0 Å². The minimum absolute atomic E-state index is 0.204. The van der Waals surface area contributed by atoms with Gasteiger partial charge in [-0.3, -0.25) is 9.48 Å². The summed E-state index contributed by atoms with van der Waals surface area (Å²) in [6.07, 6.45) is 0. The lowest BCUT2D eigenvalue weighted by molar-refractivity contribution is 0.102. The predicted octanol–water partition coefficient (Wildman–Crippen LogP) is 4.73. The molecule has 0 saturated heterocycles. The fraction of sp³-hybridized carbons (Fsp3) is 0.200. The van der Waals surface area contributed by atoms with Crippen LogP contribution in [0.1, 0.15) is 21.6 Å². The molecule has 0 aliphatic rings. The molecule has 1 aromatic heterocycles. The number of nitrogens with one attached hydrogen (secondary N) is 1.